The molecule has 2 aliphatic rings. The third kappa shape index (κ3) is 4.95. The number of aromatic nitrogens is 2. The van der Waals surface area contributed by atoms with E-state index in [1.807, 2.05) is 56.4 Å². The van der Waals surface area contributed by atoms with Crippen molar-refractivity contribution in [1.29, 1.82) is 0 Å². The molecule has 0 radical (unpaired) electrons. The van der Waals surface area contributed by atoms with Crippen LogP contribution in [0.1, 0.15) is 50.5 Å². The molecule has 2 fully saturated rings. The van der Waals surface area contributed by atoms with Gasteiger partial charge in [0, 0.05) is 54.6 Å². The number of nitrogens with one attached hydrogen (secondary N) is 1. The Morgan fingerprint density at radius 1 is 1.06 bits per heavy atom. The van der Waals surface area contributed by atoms with Gasteiger partial charge in [-0.3, -0.25) is 4.79 Å². The molecule has 2 aliphatic carbocycles. The van der Waals surface area contributed by atoms with E-state index >= 15 is 0 Å². The topological polar surface area (TPSA) is 61.4 Å². The van der Waals surface area contributed by atoms with Crippen molar-refractivity contribution in [2.45, 2.75) is 64.0 Å². The molecule has 1 aromatic heterocycles. The first-order chi connectivity index (χ1) is 14.9. The number of aryl methyl sites for hydroxylation is 1. The molecule has 0 unspecified atom stereocenters. The van der Waals surface area contributed by atoms with Gasteiger partial charge >= 0.3 is 0 Å². The average molecular weight is 442 g/mol. The van der Waals surface area contributed by atoms with Gasteiger partial charge in [-0.15, -0.1) is 0 Å². The molecule has 166 valence electrons. The fourth-order valence-electron chi connectivity index (χ4n) is 4.59. The largest absolute Gasteiger partial charge is 0.362 e. The molecule has 2 aromatic rings. The summed E-state index contributed by atoms with van der Waals surface area (Å²) >= 11 is 6.09. The zero-order valence-electron chi connectivity index (χ0n) is 18.6. The van der Waals surface area contributed by atoms with Gasteiger partial charge in [-0.25, -0.2) is 4.98 Å². The smallest absolute Gasteiger partial charge is 0.230 e. The Morgan fingerprint density at radius 3 is 2.32 bits per heavy atom. The van der Waals surface area contributed by atoms with E-state index in [1.165, 1.54) is 0 Å². The third-order valence-corrected chi connectivity index (χ3v) is 6.81. The van der Waals surface area contributed by atoms with Crippen LogP contribution in [0.2, 0.25) is 5.02 Å². The predicted octanol–water partition coefficient (Wildman–Crippen LogP) is 5.06. The standard InChI is InChI=1S/C24H32ClN5O/c1-16-15-26-24(28-22(16)29(2)3)27-19-9-13-21(14-10-19)30(23(31)17-5-4-6-17)20-11-7-18(25)8-12-20/h7-8,11-12,15,17,19,21H,4-6,9-10,13-14H2,1-3H3,(H,26,27,28)/t19-,21+. The zero-order valence-corrected chi connectivity index (χ0v) is 19.4. The van der Waals surface area contributed by atoms with Gasteiger partial charge in [0.25, 0.3) is 0 Å². The van der Waals surface area contributed by atoms with E-state index in [9.17, 15) is 4.79 Å². The van der Waals surface area contributed by atoms with Gasteiger partial charge in [-0.1, -0.05) is 18.0 Å². The lowest BCUT2D eigenvalue weighted by molar-refractivity contribution is -0.125. The van der Waals surface area contributed by atoms with Crippen LogP contribution in [0.3, 0.4) is 0 Å². The van der Waals surface area contributed by atoms with Crippen molar-refractivity contribution in [3.05, 3.63) is 41.0 Å². The Labute approximate surface area is 190 Å². The van der Waals surface area contributed by atoms with Crippen molar-refractivity contribution in [1.82, 2.24) is 9.97 Å². The monoisotopic (exact) mass is 441 g/mol. The number of halogens is 1. The molecule has 0 spiro atoms. The lowest BCUT2D eigenvalue weighted by atomic mass is 9.82. The van der Waals surface area contributed by atoms with Gasteiger partial charge in [0.1, 0.15) is 5.82 Å². The Kier molecular flexibility index (Phi) is 6.65. The average Bonchev–Trinajstić information content (AvgIpc) is 2.71. The summed E-state index contributed by atoms with van der Waals surface area (Å²) in [6.07, 6.45) is 8.96. The summed E-state index contributed by atoms with van der Waals surface area (Å²) in [6.45, 7) is 2.02. The fraction of sp³-hybridized carbons (Fsp3) is 0.542. The molecule has 0 aliphatic heterocycles. The number of nitrogens with zero attached hydrogens (tertiary/aromatic N) is 4. The van der Waals surface area contributed by atoms with Crippen LogP contribution in [0, 0.1) is 12.8 Å². The number of carbonyl (C=O) groups is 1. The number of carbonyl (C=O) groups excluding carboxylic acids is 1. The molecule has 0 atom stereocenters. The maximum atomic E-state index is 13.3. The molecule has 6 nitrogen and oxygen atoms in total. The Bertz CT molecular complexity index is 905. The molecule has 2 saturated carbocycles. The second-order valence-corrected chi connectivity index (χ2v) is 9.49. The van der Waals surface area contributed by atoms with Crippen LogP contribution in [-0.4, -0.2) is 42.1 Å². The maximum Gasteiger partial charge on any atom is 0.230 e. The molecule has 1 N–H and O–H groups in total. The maximum absolute atomic E-state index is 13.3. The number of rotatable bonds is 6. The summed E-state index contributed by atoms with van der Waals surface area (Å²) in [5, 5.41) is 4.21. The molecule has 1 heterocycles. The van der Waals surface area contributed by atoms with Crippen molar-refractivity contribution in [2.24, 2.45) is 5.92 Å². The minimum Gasteiger partial charge on any atom is -0.362 e. The van der Waals surface area contributed by atoms with Crippen molar-refractivity contribution in [3.63, 3.8) is 0 Å². The lowest BCUT2D eigenvalue weighted by Gasteiger charge is -2.40. The second kappa shape index (κ2) is 9.43. The SMILES string of the molecule is Cc1cnc(N[C@H]2CC[C@@H](N(C(=O)C3CCC3)c3ccc(Cl)cc3)CC2)nc1N(C)C. The molecule has 1 amide bonds. The highest BCUT2D eigenvalue weighted by atomic mass is 35.5. The second-order valence-electron chi connectivity index (χ2n) is 9.06. The highest BCUT2D eigenvalue weighted by Gasteiger charge is 2.36. The van der Waals surface area contributed by atoms with Crippen LogP contribution < -0.4 is 15.1 Å². The first-order valence-corrected chi connectivity index (χ1v) is 11.7. The van der Waals surface area contributed by atoms with Crippen LogP contribution in [0.4, 0.5) is 17.5 Å². The van der Waals surface area contributed by atoms with Crippen LogP contribution in [0.5, 0.6) is 0 Å². The van der Waals surface area contributed by atoms with E-state index < -0.39 is 0 Å². The molecular weight excluding hydrogens is 410 g/mol. The van der Waals surface area contributed by atoms with E-state index in [-0.39, 0.29) is 17.9 Å². The normalized spacial score (nSPS) is 21.3. The first kappa shape index (κ1) is 21.9. The number of hydrogen-bond donors (Lipinski definition) is 1. The number of benzene rings is 1. The van der Waals surface area contributed by atoms with Crippen LogP contribution in [0.15, 0.2) is 30.5 Å². The van der Waals surface area contributed by atoms with Crippen molar-refractivity contribution >= 4 is 35.0 Å². The van der Waals surface area contributed by atoms with E-state index in [1.54, 1.807) is 0 Å². The Balaban J connectivity index is 1.43. The van der Waals surface area contributed by atoms with Crippen LogP contribution in [0.25, 0.3) is 0 Å². The summed E-state index contributed by atoms with van der Waals surface area (Å²) in [5.74, 6) is 2.07. The lowest BCUT2D eigenvalue weighted by Crippen LogP contribution is -2.48. The summed E-state index contributed by atoms with van der Waals surface area (Å²) < 4.78 is 0. The summed E-state index contributed by atoms with van der Waals surface area (Å²) in [7, 11) is 3.99. The van der Waals surface area contributed by atoms with E-state index in [2.05, 4.69) is 20.2 Å². The Morgan fingerprint density at radius 2 is 1.74 bits per heavy atom. The minimum atomic E-state index is 0.178. The van der Waals surface area contributed by atoms with Gasteiger partial charge in [0.2, 0.25) is 11.9 Å². The van der Waals surface area contributed by atoms with E-state index in [4.69, 9.17) is 11.6 Å². The minimum absolute atomic E-state index is 0.178. The molecule has 0 saturated heterocycles. The van der Waals surface area contributed by atoms with Gasteiger partial charge in [0.05, 0.1) is 0 Å². The molecule has 31 heavy (non-hydrogen) atoms. The number of anilines is 3. The number of hydrogen-bond acceptors (Lipinski definition) is 5. The quantitative estimate of drug-likeness (QED) is 0.678. The van der Waals surface area contributed by atoms with Gasteiger partial charge in [-0.2, -0.15) is 4.98 Å². The highest BCUT2D eigenvalue weighted by Crippen LogP contribution is 2.35. The zero-order chi connectivity index (χ0) is 22.0. The van der Waals surface area contributed by atoms with E-state index in [0.717, 1.165) is 62.0 Å². The molecule has 4 rings (SSSR count). The first-order valence-electron chi connectivity index (χ1n) is 11.3. The Hall–Kier alpha value is -2.34. The summed E-state index contributed by atoms with van der Waals surface area (Å²) in [5.41, 5.74) is 2.03. The fourth-order valence-corrected chi connectivity index (χ4v) is 4.71. The summed E-state index contributed by atoms with van der Waals surface area (Å²) in [6, 6.07) is 8.26. The molecule has 1 aromatic carbocycles. The third-order valence-electron chi connectivity index (χ3n) is 6.56. The van der Waals surface area contributed by atoms with Crippen LogP contribution in [-0.2, 0) is 4.79 Å². The molecule has 0 bridgehead atoms. The van der Waals surface area contributed by atoms with Gasteiger partial charge in [0.15, 0.2) is 0 Å². The van der Waals surface area contributed by atoms with Crippen LogP contribution >= 0.6 is 11.6 Å². The van der Waals surface area contributed by atoms with E-state index in [0.29, 0.717) is 17.0 Å². The number of amides is 1. The van der Waals surface area contributed by atoms with Crippen molar-refractivity contribution in [2.75, 3.05) is 29.2 Å². The van der Waals surface area contributed by atoms with Crippen molar-refractivity contribution in [3.8, 4) is 0 Å². The summed E-state index contributed by atoms with van der Waals surface area (Å²) in [4.78, 5) is 26.5. The van der Waals surface area contributed by atoms with Gasteiger partial charge in [-0.05, 0) is 69.7 Å². The predicted molar refractivity (Wildman–Crippen MR) is 127 cm³/mol. The van der Waals surface area contributed by atoms with Crippen molar-refractivity contribution < 1.29 is 4.79 Å². The molecule has 7 heteroatoms. The van der Waals surface area contributed by atoms with Gasteiger partial charge < -0.3 is 15.1 Å². The molecular formula is C24H32ClN5O. The highest BCUT2D eigenvalue weighted by molar-refractivity contribution is 6.30.